The molecule has 1 fully saturated rings. The monoisotopic (exact) mass is 432 g/mol. The van der Waals surface area contributed by atoms with Crippen LogP contribution in [0.15, 0.2) is 121 Å². The van der Waals surface area contributed by atoms with Gasteiger partial charge in [-0.3, -0.25) is 4.90 Å². The molecule has 4 aromatic rings. The van der Waals surface area contributed by atoms with E-state index in [-0.39, 0.29) is 0 Å². The van der Waals surface area contributed by atoms with E-state index in [1.165, 1.54) is 22.3 Å². The molecule has 0 aromatic heterocycles. The van der Waals surface area contributed by atoms with Crippen molar-refractivity contribution < 1.29 is 0 Å². The molecule has 1 N–H and O–H groups in total. The third kappa shape index (κ3) is 5.24. The standard InChI is InChI=1S/C31H32N2/c1-5-13-25(14-6-1)30(26-15-7-2-8-16-26)21-22-32-29-23-33(24-29)31(27-17-9-3-10-18-27)28-19-11-4-12-20-28/h1-20,29-32H,21-24H2. The quantitative estimate of drug-likeness (QED) is 0.335. The van der Waals surface area contributed by atoms with Crippen molar-refractivity contribution in [2.24, 2.45) is 0 Å². The summed E-state index contributed by atoms with van der Waals surface area (Å²) in [6.07, 6.45) is 1.10. The van der Waals surface area contributed by atoms with Crippen LogP contribution in [0.3, 0.4) is 0 Å². The van der Waals surface area contributed by atoms with E-state index in [4.69, 9.17) is 0 Å². The number of nitrogens with one attached hydrogen (secondary N) is 1. The molecule has 0 amide bonds. The van der Waals surface area contributed by atoms with E-state index in [0.717, 1.165) is 26.1 Å². The van der Waals surface area contributed by atoms with Gasteiger partial charge in [0.15, 0.2) is 0 Å². The van der Waals surface area contributed by atoms with Crippen LogP contribution in [0.4, 0.5) is 0 Å². The summed E-state index contributed by atoms with van der Waals surface area (Å²) in [6, 6.07) is 44.5. The minimum atomic E-state index is 0.326. The normalized spacial score (nSPS) is 14.5. The Hall–Kier alpha value is -3.20. The van der Waals surface area contributed by atoms with Crippen molar-refractivity contribution in [2.75, 3.05) is 19.6 Å². The van der Waals surface area contributed by atoms with Gasteiger partial charge in [0.05, 0.1) is 6.04 Å². The van der Waals surface area contributed by atoms with Gasteiger partial charge >= 0.3 is 0 Å². The molecule has 0 spiro atoms. The fraction of sp³-hybridized carbons (Fsp3) is 0.226. The molecule has 1 aliphatic rings. The van der Waals surface area contributed by atoms with Crippen LogP contribution in [0.2, 0.25) is 0 Å². The number of benzene rings is 4. The van der Waals surface area contributed by atoms with E-state index in [2.05, 4.69) is 132 Å². The Morgan fingerprint density at radius 3 is 1.39 bits per heavy atom. The van der Waals surface area contributed by atoms with Gasteiger partial charge < -0.3 is 5.32 Å². The maximum atomic E-state index is 3.84. The summed E-state index contributed by atoms with van der Waals surface area (Å²) in [6.45, 7) is 3.18. The van der Waals surface area contributed by atoms with Crippen molar-refractivity contribution in [3.63, 3.8) is 0 Å². The summed E-state index contributed by atoms with van der Waals surface area (Å²) >= 11 is 0. The summed E-state index contributed by atoms with van der Waals surface area (Å²) in [4.78, 5) is 2.59. The molecule has 5 rings (SSSR count). The van der Waals surface area contributed by atoms with Gasteiger partial charge in [-0.25, -0.2) is 0 Å². The lowest BCUT2D eigenvalue weighted by Gasteiger charge is -2.45. The second-order valence-corrected chi connectivity index (χ2v) is 8.99. The summed E-state index contributed by atoms with van der Waals surface area (Å²) in [5.41, 5.74) is 5.54. The van der Waals surface area contributed by atoms with E-state index < -0.39 is 0 Å². The molecule has 1 aliphatic heterocycles. The number of hydrogen-bond acceptors (Lipinski definition) is 2. The molecule has 166 valence electrons. The highest BCUT2D eigenvalue weighted by molar-refractivity contribution is 5.33. The molecule has 0 radical (unpaired) electrons. The van der Waals surface area contributed by atoms with Crippen LogP contribution in [0, 0.1) is 0 Å². The summed E-state index contributed by atoms with van der Waals surface area (Å²) in [5.74, 6) is 0.428. The number of rotatable bonds is 9. The van der Waals surface area contributed by atoms with Crippen LogP contribution < -0.4 is 5.32 Å². The Morgan fingerprint density at radius 1 is 0.576 bits per heavy atom. The van der Waals surface area contributed by atoms with E-state index in [1.54, 1.807) is 0 Å². The van der Waals surface area contributed by atoms with Gasteiger partial charge in [0.25, 0.3) is 0 Å². The Labute approximate surface area is 197 Å². The summed E-state index contributed by atoms with van der Waals surface area (Å²) in [7, 11) is 0. The van der Waals surface area contributed by atoms with Crippen LogP contribution in [-0.2, 0) is 0 Å². The smallest absolute Gasteiger partial charge is 0.0602 e. The van der Waals surface area contributed by atoms with Crippen molar-refractivity contribution in [1.82, 2.24) is 10.2 Å². The fourth-order valence-electron chi connectivity index (χ4n) is 5.07. The lowest BCUT2D eigenvalue weighted by molar-refractivity contribution is 0.0930. The van der Waals surface area contributed by atoms with Crippen LogP contribution >= 0.6 is 0 Å². The Bertz CT molecular complexity index is 1010. The molecule has 1 heterocycles. The predicted molar refractivity (Wildman–Crippen MR) is 137 cm³/mol. The van der Waals surface area contributed by atoms with Crippen molar-refractivity contribution >= 4 is 0 Å². The first-order chi connectivity index (χ1) is 16.4. The topological polar surface area (TPSA) is 15.3 Å². The predicted octanol–water partition coefficient (Wildman–Crippen LogP) is 6.27. The third-order valence-corrected chi connectivity index (χ3v) is 6.78. The van der Waals surface area contributed by atoms with E-state index in [9.17, 15) is 0 Å². The molecule has 1 saturated heterocycles. The first-order valence-electron chi connectivity index (χ1n) is 12.1. The van der Waals surface area contributed by atoms with Crippen LogP contribution in [-0.4, -0.2) is 30.6 Å². The van der Waals surface area contributed by atoms with Crippen LogP contribution in [0.1, 0.15) is 40.6 Å². The SMILES string of the molecule is c1ccc(C(CCNC2CN(C(c3ccccc3)c3ccccc3)C2)c2ccccc2)cc1. The zero-order valence-electron chi connectivity index (χ0n) is 19.1. The number of likely N-dealkylation sites (tertiary alicyclic amines) is 1. The Balaban J connectivity index is 1.21. The second-order valence-electron chi connectivity index (χ2n) is 8.99. The van der Waals surface area contributed by atoms with Gasteiger partial charge in [0, 0.05) is 25.0 Å². The maximum Gasteiger partial charge on any atom is 0.0602 e. The lowest BCUT2D eigenvalue weighted by atomic mass is 9.88. The van der Waals surface area contributed by atoms with Crippen molar-refractivity contribution in [3.8, 4) is 0 Å². The van der Waals surface area contributed by atoms with Crippen LogP contribution in [0.25, 0.3) is 0 Å². The molecule has 33 heavy (non-hydrogen) atoms. The lowest BCUT2D eigenvalue weighted by Crippen LogP contribution is -2.59. The molecule has 2 heteroatoms. The summed E-state index contributed by atoms with van der Waals surface area (Å²) in [5, 5.41) is 3.84. The average Bonchev–Trinajstić information content (AvgIpc) is 2.87. The number of hydrogen-bond donors (Lipinski definition) is 1. The van der Waals surface area contributed by atoms with Crippen molar-refractivity contribution in [1.29, 1.82) is 0 Å². The first kappa shape index (κ1) is 21.6. The van der Waals surface area contributed by atoms with Crippen molar-refractivity contribution in [3.05, 3.63) is 144 Å². The molecule has 0 atom stereocenters. The van der Waals surface area contributed by atoms with Gasteiger partial charge in [0.2, 0.25) is 0 Å². The minimum absolute atomic E-state index is 0.326. The molecular weight excluding hydrogens is 400 g/mol. The van der Waals surface area contributed by atoms with Gasteiger partial charge in [-0.15, -0.1) is 0 Å². The Morgan fingerprint density at radius 2 is 0.970 bits per heavy atom. The number of nitrogens with zero attached hydrogens (tertiary/aromatic N) is 1. The Kier molecular flexibility index (Phi) is 6.96. The molecule has 2 nitrogen and oxygen atoms in total. The largest absolute Gasteiger partial charge is 0.311 e. The average molecular weight is 433 g/mol. The summed E-state index contributed by atoms with van der Waals surface area (Å²) < 4.78 is 0. The zero-order valence-corrected chi connectivity index (χ0v) is 19.1. The van der Waals surface area contributed by atoms with Gasteiger partial charge in [-0.05, 0) is 35.2 Å². The molecule has 0 aliphatic carbocycles. The minimum Gasteiger partial charge on any atom is -0.311 e. The first-order valence-corrected chi connectivity index (χ1v) is 12.1. The molecule has 0 bridgehead atoms. The molecule has 4 aromatic carbocycles. The highest BCUT2D eigenvalue weighted by Gasteiger charge is 2.33. The highest BCUT2D eigenvalue weighted by Crippen LogP contribution is 2.32. The fourth-order valence-corrected chi connectivity index (χ4v) is 5.07. The third-order valence-electron chi connectivity index (χ3n) is 6.78. The van der Waals surface area contributed by atoms with E-state index in [1.807, 2.05) is 0 Å². The van der Waals surface area contributed by atoms with E-state index in [0.29, 0.717) is 18.0 Å². The molecule has 0 unspecified atom stereocenters. The highest BCUT2D eigenvalue weighted by atomic mass is 15.3. The van der Waals surface area contributed by atoms with Crippen LogP contribution in [0.5, 0.6) is 0 Å². The maximum absolute atomic E-state index is 3.84. The van der Waals surface area contributed by atoms with Gasteiger partial charge in [-0.1, -0.05) is 121 Å². The zero-order chi connectivity index (χ0) is 22.3. The second kappa shape index (κ2) is 10.6. The van der Waals surface area contributed by atoms with Gasteiger partial charge in [0.1, 0.15) is 0 Å². The molecule has 0 saturated carbocycles. The van der Waals surface area contributed by atoms with Crippen molar-refractivity contribution in [2.45, 2.75) is 24.4 Å². The molecular formula is C31H32N2. The van der Waals surface area contributed by atoms with Gasteiger partial charge in [-0.2, -0.15) is 0 Å². The van der Waals surface area contributed by atoms with E-state index >= 15 is 0 Å².